The van der Waals surface area contributed by atoms with Crippen molar-refractivity contribution in [3.8, 4) is 0 Å². The van der Waals surface area contributed by atoms with Gasteiger partial charge in [0, 0.05) is 44.5 Å². The number of benzene rings is 2. The van der Waals surface area contributed by atoms with Crippen molar-refractivity contribution in [2.75, 3.05) is 56.7 Å². The third-order valence-electron chi connectivity index (χ3n) is 6.54. The fourth-order valence-corrected chi connectivity index (χ4v) is 4.57. The topological polar surface area (TPSA) is 82.2 Å². The Morgan fingerprint density at radius 3 is 2.44 bits per heavy atom. The van der Waals surface area contributed by atoms with Gasteiger partial charge in [-0.25, -0.2) is 0 Å². The Hall–Kier alpha value is -3.39. The molecule has 2 saturated heterocycles. The van der Waals surface area contributed by atoms with Gasteiger partial charge in [0.1, 0.15) is 0 Å². The van der Waals surface area contributed by atoms with E-state index in [1.54, 1.807) is 11.9 Å². The van der Waals surface area contributed by atoms with Crippen molar-refractivity contribution in [2.45, 2.75) is 19.4 Å². The molecule has 0 radical (unpaired) electrons. The van der Waals surface area contributed by atoms with Crippen molar-refractivity contribution in [1.82, 2.24) is 9.80 Å². The first-order chi connectivity index (χ1) is 16.4. The van der Waals surface area contributed by atoms with Crippen LogP contribution in [0.2, 0.25) is 0 Å². The number of nitrogens with zero attached hydrogens (tertiary/aromatic N) is 3. The highest BCUT2D eigenvalue weighted by molar-refractivity contribution is 5.96. The van der Waals surface area contributed by atoms with E-state index in [4.69, 9.17) is 4.74 Å². The first-order valence-electron chi connectivity index (χ1n) is 11.7. The lowest BCUT2D eigenvalue weighted by atomic mass is 10.1. The van der Waals surface area contributed by atoms with Gasteiger partial charge in [-0.15, -0.1) is 0 Å². The van der Waals surface area contributed by atoms with Gasteiger partial charge in [0.25, 0.3) is 0 Å². The number of morpholine rings is 1. The van der Waals surface area contributed by atoms with Gasteiger partial charge in [-0.1, -0.05) is 30.3 Å². The van der Waals surface area contributed by atoms with E-state index in [1.165, 1.54) is 4.90 Å². The quantitative estimate of drug-likeness (QED) is 0.681. The summed E-state index contributed by atoms with van der Waals surface area (Å²) in [6.07, 6.45) is 0.172. The lowest BCUT2D eigenvalue weighted by molar-refractivity contribution is -0.137. The van der Waals surface area contributed by atoms with Crippen molar-refractivity contribution in [3.05, 3.63) is 60.2 Å². The Balaban J connectivity index is 1.28. The maximum absolute atomic E-state index is 13.0. The van der Waals surface area contributed by atoms with E-state index in [1.807, 2.05) is 61.5 Å². The summed E-state index contributed by atoms with van der Waals surface area (Å²) in [6.45, 7) is 5.41. The predicted molar refractivity (Wildman–Crippen MR) is 130 cm³/mol. The Morgan fingerprint density at radius 1 is 1.09 bits per heavy atom. The Labute approximate surface area is 200 Å². The van der Waals surface area contributed by atoms with Gasteiger partial charge < -0.3 is 24.8 Å². The lowest BCUT2D eigenvalue weighted by Gasteiger charge is -2.29. The maximum Gasteiger partial charge on any atom is 0.243 e. The smallest absolute Gasteiger partial charge is 0.243 e. The maximum atomic E-state index is 13.0. The molecule has 3 amide bonds. The molecular weight excluding hydrogens is 432 g/mol. The molecule has 8 nitrogen and oxygen atoms in total. The molecule has 0 saturated carbocycles. The van der Waals surface area contributed by atoms with Crippen LogP contribution in [-0.4, -0.2) is 74.0 Å². The van der Waals surface area contributed by atoms with Crippen LogP contribution in [-0.2, 0) is 19.1 Å². The van der Waals surface area contributed by atoms with Crippen molar-refractivity contribution in [1.29, 1.82) is 0 Å². The molecule has 4 rings (SSSR count). The minimum Gasteiger partial charge on any atom is -0.378 e. The molecule has 0 spiro atoms. The van der Waals surface area contributed by atoms with Gasteiger partial charge in [0.2, 0.25) is 17.7 Å². The average Bonchev–Trinajstić information content (AvgIpc) is 3.26. The molecule has 0 bridgehead atoms. The van der Waals surface area contributed by atoms with E-state index in [9.17, 15) is 14.4 Å². The highest BCUT2D eigenvalue weighted by atomic mass is 16.5. The molecular formula is C26H32N4O4. The molecule has 2 aliphatic heterocycles. The van der Waals surface area contributed by atoms with Crippen molar-refractivity contribution >= 4 is 29.1 Å². The minimum atomic E-state index is -0.440. The van der Waals surface area contributed by atoms with Crippen LogP contribution < -0.4 is 10.2 Å². The number of nitrogens with one attached hydrogen (secondary N) is 1. The van der Waals surface area contributed by atoms with E-state index in [0.29, 0.717) is 25.4 Å². The van der Waals surface area contributed by atoms with E-state index in [2.05, 4.69) is 10.2 Å². The van der Waals surface area contributed by atoms with E-state index < -0.39 is 5.92 Å². The summed E-state index contributed by atoms with van der Waals surface area (Å²) in [5, 5.41) is 2.85. The fourth-order valence-electron chi connectivity index (χ4n) is 4.57. The summed E-state index contributed by atoms with van der Waals surface area (Å²) in [5.74, 6) is -0.931. The average molecular weight is 465 g/mol. The zero-order valence-corrected chi connectivity index (χ0v) is 19.8. The monoisotopic (exact) mass is 464 g/mol. The molecule has 34 heavy (non-hydrogen) atoms. The number of carbonyl (C=O) groups is 3. The third kappa shape index (κ3) is 5.56. The van der Waals surface area contributed by atoms with Gasteiger partial charge in [0.05, 0.1) is 31.7 Å². The van der Waals surface area contributed by atoms with E-state index >= 15 is 0 Å². The Kier molecular flexibility index (Phi) is 7.47. The van der Waals surface area contributed by atoms with Crippen LogP contribution in [0, 0.1) is 5.92 Å². The summed E-state index contributed by atoms with van der Waals surface area (Å²) in [6, 6.07) is 17.4. The first kappa shape index (κ1) is 23.8. The summed E-state index contributed by atoms with van der Waals surface area (Å²) in [7, 11) is 1.61. The van der Waals surface area contributed by atoms with Crippen LogP contribution in [0.15, 0.2) is 54.6 Å². The van der Waals surface area contributed by atoms with Crippen LogP contribution in [0.3, 0.4) is 0 Å². The molecule has 0 aliphatic carbocycles. The zero-order chi connectivity index (χ0) is 24.1. The normalized spacial score (nSPS) is 19.1. The Morgan fingerprint density at radius 2 is 1.76 bits per heavy atom. The number of hydrogen-bond donors (Lipinski definition) is 1. The van der Waals surface area contributed by atoms with Crippen LogP contribution in [0.25, 0.3) is 0 Å². The van der Waals surface area contributed by atoms with Crippen LogP contribution >= 0.6 is 0 Å². The molecule has 2 heterocycles. The van der Waals surface area contributed by atoms with E-state index in [0.717, 1.165) is 24.3 Å². The molecule has 2 atom stereocenters. The molecule has 2 fully saturated rings. The molecule has 0 aromatic heterocycles. The zero-order valence-electron chi connectivity index (χ0n) is 19.8. The number of anilines is 2. The van der Waals surface area contributed by atoms with Crippen molar-refractivity contribution in [2.24, 2.45) is 5.92 Å². The number of likely N-dealkylation sites (tertiary alicyclic amines) is 1. The van der Waals surface area contributed by atoms with Crippen LogP contribution in [0.4, 0.5) is 11.4 Å². The standard InChI is InChI=1S/C26H32N4O4/c1-19(20-6-4-3-5-7-20)30-17-21(16-25(30)32)26(33)28(2)18-24(31)27-22-8-10-23(11-9-22)29-12-14-34-15-13-29/h3-11,19,21H,12-18H2,1-2H3,(H,27,31)/t19-,21-/m1/s1. The second-order valence-corrected chi connectivity index (χ2v) is 8.92. The largest absolute Gasteiger partial charge is 0.378 e. The number of hydrogen-bond acceptors (Lipinski definition) is 5. The van der Waals surface area contributed by atoms with Gasteiger partial charge in [-0.3, -0.25) is 14.4 Å². The number of rotatable bonds is 7. The molecule has 180 valence electrons. The van der Waals surface area contributed by atoms with Gasteiger partial charge >= 0.3 is 0 Å². The number of likely N-dealkylation sites (N-methyl/N-ethyl adjacent to an activating group) is 1. The van der Waals surface area contributed by atoms with Crippen molar-refractivity contribution < 1.29 is 19.1 Å². The molecule has 2 aliphatic rings. The number of ether oxygens (including phenoxy) is 1. The second-order valence-electron chi connectivity index (χ2n) is 8.92. The summed E-state index contributed by atoms with van der Waals surface area (Å²) in [5.41, 5.74) is 2.81. The second kappa shape index (κ2) is 10.7. The predicted octanol–water partition coefficient (Wildman–Crippen LogP) is 2.53. The molecule has 8 heteroatoms. The number of carbonyl (C=O) groups excluding carboxylic acids is 3. The minimum absolute atomic E-state index is 0.0343. The molecule has 1 N–H and O–H groups in total. The first-order valence-corrected chi connectivity index (χ1v) is 11.7. The van der Waals surface area contributed by atoms with E-state index in [-0.39, 0.29) is 36.7 Å². The summed E-state index contributed by atoms with van der Waals surface area (Å²) < 4.78 is 5.38. The van der Waals surface area contributed by atoms with Crippen LogP contribution in [0.1, 0.15) is 24.9 Å². The number of amides is 3. The van der Waals surface area contributed by atoms with Crippen LogP contribution in [0.5, 0.6) is 0 Å². The molecule has 2 aromatic rings. The van der Waals surface area contributed by atoms with Gasteiger partial charge in [-0.05, 0) is 36.8 Å². The van der Waals surface area contributed by atoms with Gasteiger partial charge in [0.15, 0.2) is 0 Å². The molecule has 0 unspecified atom stereocenters. The fraction of sp³-hybridized carbons (Fsp3) is 0.423. The lowest BCUT2D eigenvalue weighted by Crippen LogP contribution is -2.39. The Bertz CT molecular complexity index is 1010. The third-order valence-corrected chi connectivity index (χ3v) is 6.54. The highest BCUT2D eigenvalue weighted by Crippen LogP contribution is 2.29. The summed E-state index contributed by atoms with van der Waals surface area (Å²) in [4.78, 5) is 43.5. The highest BCUT2D eigenvalue weighted by Gasteiger charge is 2.38. The van der Waals surface area contributed by atoms with Crippen molar-refractivity contribution in [3.63, 3.8) is 0 Å². The SMILES string of the molecule is C[C@H](c1ccccc1)N1C[C@H](C(=O)N(C)CC(=O)Nc2ccc(N3CCOCC3)cc2)CC1=O. The summed E-state index contributed by atoms with van der Waals surface area (Å²) >= 11 is 0. The van der Waals surface area contributed by atoms with Gasteiger partial charge in [-0.2, -0.15) is 0 Å². The molecule has 2 aromatic carbocycles.